The first-order chi connectivity index (χ1) is 10.0. The molecule has 0 N–H and O–H groups in total. The van der Waals surface area contributed by atoms with Crippen molar-refractivity contribution >= 4 is 11.7 Å². The molecule has 2 rings (SSSR count). The Labute approximate surface area is 117 Å². The summed E-state index contributed by atoms with van der Waals surface area (Å²) >= 11 is 0. The molecule has 21 heavy (non-hydrogen) atoms. The van der Waals surface area contributed by atoms with Gasteiger partial charge in [0.15, 0.2) is 5.69 Å². The molecule has 0 amide bonds. The highest BCUT2D eigenvalue weighted by molar-refractivity contribution is 5.86. The number of methoxy groups -OCH3 is 1. The van der Waals surface area contributed by atoms with Crippen molar-refractivity contribution in [1.29, 1.82) is 0 Å². The summed E-state index contributed by atoms with van der Waals surface area (Å²) in [5.74, 6) is -1.68. The van der Waals surface area contributed by atoms with E-state index in [-0.39, 0.29) is 17.3 Å². The second-order valence-electron chi connectivity index (χ2n) is 3.70. The minimum atomic E-state index is -1.03. The van der Waals surface area contributed by atoms with Crippen LogP contribution in [0.1, 0.15) is 10.5 Å². The van der Waals surface area contributed by atoms with Crippen molar-refractivity contribution in [3.05, 3.63) is 52.2 Å². The standard InChI is InChI=1S/C12H8FN3O5/c1-20-12(17)9-5-15-11(6-14-9)21-7-2-3-10(16(18)19)8(13)4-7/h2-6H,1H3. The number of carbonyl (C=O) groups is 1. The Hall–Kier alpha value is -3.10. The number of carbonyl (C=O) groups excluding carboxylic acids is 1. The van der Waals surface area contributed by atoms with Crippen molar-refractivity contribution in [2.75, 3.05) is 7.11 Å². The first-order valence-corrected chi connectivity index (χ1v) is 5.53. The number of nitrogens with zero attached hydrogens (tertiary/aromatic N) is 3. The van der Waals surface area contributed by atoms with E-state index >= 15 is 0 Å². The first kappa shape index (κ1) is 14.3. The van der Waals surface area contributed by atoms with Gasteiger partial charge in [-0.15, -0.1) is 0 Å². The monoisotopic (exact) mass is 293 g/mol. The lowest BCUT2D eigenvalue weighted by Crippen LogP contribution is -2.04. The van der Waals surface area contributed by atoms with E-state index in [9.17, 15) is 19.3 Å². The quantitative estimate of drug-likeness (QED) is 0.483. The Morgan fingerprint density at radius 1 is 1.33 bits per heavy atom. The van der Waals surface area contributed by atoms with Crippen molar-refractivity contribution in [3.8, 4) is 11.6 Å². The molecule has 0 aliphatic carbocycles. The van der Waals surface area contributed by atoms with Crippen LogP contribution in [0.3, 0.4) is 0 Å². The van der Waals surface area contributed by atoms with E-state index in [4.69, 9.17) is 4.74 Å². The summed E-state index contributed by atoms with van der Waals surface area (Å²) in [5, 5.41) is 10.5. The van der Waals surface area contributed by atoms with Gasteiger partial charge < -0.3 is 9.47 Å². The normalized spacial score (nSPS) is 10.0. The summed E-state index contributed by atoms with van der Waals surface area (Å²) in [4.78, 5) is 28.3. The minimum absolute atomic E-state index is 0.00379. The highest BCUT2D eigenvalue weighted by Gasteiger charge is 2.15. The molecule has 0 fully saturated rings. The highest BCUT2D eigenvalue weighted by atomic mass is 19.1. The lowest BCUT2D eigenvalue weighted by atomic mass is 10.3. The number of halogens is 1. The Morgan fingerprint density at radius 3 is 2.62 bits per heavy atom. The zero-order valence-electron chi connectivity index (χ0n) is 10.6. The number of hydrogen-bond acceptors (Lipinski definition) is 7. The van der Waals surface area contributed by atoms with Crippen LogP contribution in [0.4, 0.5) is 10.1 Å². The molecule has 0 aliphatic rings. The second kappa shape index (κ2) is 5.90. The van der Waals surface area contributed by atoms with Gasteiger partial charge in [0.05, 0.1) is 24.4 Å². The lowest BCUT2D eigenvalue weighted by Gasteiger charge is -2.05. The summed E-state index contributed by atoms with van der Waals surface area (Å²) in [6, 6.07) is 3.05. The number of ether oxygens (including phenoxy) is 2. The van der Waals surface area contributed by atoms with E-state index in [0.29, 0.717) is 0 Å². The van der Waals surface area contributed by atoms with Crippen molar-refractivity contribution < 1.29 is 23.6 Å². The number of esters is 1. The SMILES string of the molecule is COC(=O)c1cnc(Oc2ccc([N+](=O)[O-])c(F)c2)cn1. The maximum absolute atomic E-state index is 13.4. The zero-order chi connectivity index (χ0) is 15.4. The molecule has 0 atom stereocenters. The molecule has 0 radical (unpaired) electrons. The van der Waals surface area contributed by atoms with Gasteiger partial charge in [0.1, 0.15) is 5.75 Å². The fourth-order valence-electron chi connectivity index (χ4n) is 1.40. The van der Waals surface area contributed by atoms with Crippen LogP contribution in [0.15, 0.2) is 30.6 Å². The smallest absolute Gasteiger partial charge is 0.358 e. The molecule has 1 aromatic carbocycles. The van der Waals surface area contributed by atoms with E-state index in [2.05, 4.69) is 14.7 Å². The average molecular weight is 293 g/mol. The van der Waals surface area contributed by atoms with Crippen LogP contribution in [0.2, 0.25) is 0 Å². The Morgan fingerprint density at radius 2 is 2.10 bits per heavy atom. The fourth-order valence-corrected chi connectivity index (χ4v) is 1.40. The molecular formula is C12H8FN3O5. The number of aromatic nitrogens is 2. The van der Waals surface area contributed by atoms with Gasteiger partial charge in [0.25, 0.3) is 0 Å². The van der Waals surface area contributed by atoms with E-state index in [1.54, 1.807) is 0 Å². The molecule has 2 aromatic rings. The Kier molecular flexibility index (Phi) is 4.02. The third-order valence-corrected chi connectivity index (χ3v) is 2.36. The van der Waals surface area contributed by atoms with Gasteiger partial charge in [-0.1, -0.05) is 0 Å². The maximum Gasteiger partial charge on any atom is 0.358 e. The van der Waals surface area contributed by atoms with Gasteiger partial charge in [0.2, 0.25) is 11.7 Å². The molecule has 1 heterocycles. The molecule has 9 heteroatoms. The van der Waals surface area contributed by atoms with Crippen LogP contribution < -0.4 is 4.74 Å². The van der Waals surface area contributed by atoms with Gasteiger partial charge in [-0.25, -0.2) is 14.8 Å². The topological polar surface area (TPSA) is 104 Å². The Balaban J connectivity index is 2.17. The number of hydrogen-bond donors (Lipinski definition) is 0. The van der Waals surface area contributed by atoms with E-state index in [0.717, 1.165) is 24.5 Å². The molecule has 0 saturated carbocycles. The number of rotatable bonds is 4. The van der Waals surface area contributed by atoms with Crippen LogP contribution in [0.5, 0.6) is 11.6 Å². The van der Waals surface area contributed by atoms with E-state index in [1.807, 2.05) is 0 Å². The predicted molar refractivity (Wildman–Crippen MR) is 66.5 cm³/mol. The number of nitro groups is 1. The van der Waals surface area contributed by atoms with Crippen LogP contribution >= 0.6 is 0 Å². The summed E-state index contributed by atoms with van der Waals surface area (Å²) in [6.45, 7) is 0. The van der Waals surface area contributed by atoms with Crippen LogP contribution in [-0.4, -0.2) is 28.0 Å². The third-order valence-electron chi connectivity index (χ3n) is 2.36. The predicted octanol–water partition coefficient (Wildman–Crippen LogP) is 2.10. The molecular weight excluding hydrogens is 285 g/mol. The minimum Gasteiger partial charge on any atom is -0.464 e. The lowest BCUT2D eigenvalue weighted by molar-refractivity contribution is -0.387. The summed E-state index contributed by atoms with van der Waals surface area (Å²) in [5.41, 5.74) is -0.672. The molecule has 8 nitrogen and oxygen atoms in total. The van der Waals surface area contributed by atoms with E-state index < -0.39 is 22.4 Å². The van der Waals surface area contributed by atoms with Crippen molar-refractivity contribution in [1.82, 2.24) is 9.97 Å². The zero-order valence-corrected chi connectivity index (χ0v) is 10.6. The Bertz CT molecular complexity index is 690. The summed E-state index contributed by atoms with van der Waals surface area (Å²) in [7, 11) is 1.20. The summed E-state index contributed by atoms with van der Waals surface area (Å²) < 4.78 is 23.0. The van der Waals surface area contributed by atoms with Gasteiger partial charge in [-0.3, -0.25) is 10.1 Å². The molecule has 0 bridgehead atoms. The second-order valence-corrected chi connectivity index (χ2v) is 3.70. The molecule has 0 unspecified atom stereocenters. The molecule has 0 aliphatic heterocycles. The maximum atomic E-state index is 13.4. The van der Waals surface area contributed by atoms with Gasteiger partial charge in [-0.2, -0.15) is 4.39 Å². The van der Waals surface area contributed by atoms with Crippen molar-refractivity contribution in [3.63, 3.8) is 0 Å². The van der Waals surface area contributed by atoms with Gasteiger partial charge in [0, 0.05) is 12.1 Å². The fraction of sp³-hybridized carbons (Fsp3) is 0.0833. The number of benzene rings is 1. The molecule has 0 saturated heterocycles. The van der Waals surface area contributed by atoms with Crippen molar-refractivity contribution in [2.24, 2.45) is 0 Å². The summed E-state index contributed by atoms with van der Waals surface area (Å²) in [6.07, 6.45) is 2.27. The van der Waals surface area contributed by atoms with Crippen LogP contribution in [0, 0.1) is 15.9 Å². The van der Waals surface area contributed by atoms with Gasteiger partial charge in [-0.05, 0) is 6.07 Å². The number of nitro benzene ring substituents is 1. The van der Waals surface area contributed by atoms with Gasteiger partial charge >= 0.3 is 11.7 Å². The largest absolute Gasteiger partial charge is 0.464 e. The van der Waals surface area contributed by atoms with Crippen molar-refractivity contribution in [2.45, 2.75) is 0 Å². The van der Waals surface area contributed by atoms with Crippen LogP contribution in [-0.2, 0) is 4.74 Å². The molecule has 108 valence electrons. The molecule has 1 aromatic heterocycles. The average Bonchev–Trinajstić information content (AvgIpc) is 2.47. The first-order valence-electron chi connectivity index (χ1n) is 5.53. The van der Waals surface area contributed by atoms with Crippen LogP contribution in [0.25, 0.3) is 0 Å². The molecule has 0 spiro atoms. The van der Waals surface area contributed by atoms with E-state index in [1.165, 1.54) is 13.2 Å². The third kappa shape index (κ3) is 3.26. The highest BCUT2D eigenvalue weighted by Crippen LogP contribution is 2.25.